The Morgan fingerprint density at radius 1 is 1.26 bits per heavy atom. The van der Waals surface area contributed by atoms with E-state index < -0.39 is 11.4 Å². The van der Waals surface area contributed by atoms with Crippen molar-refractivity contribution in [1.29, 1.82) is 0 Å². The fraction of sp³-hybridized carbons (Fsp3) is 0.857. The molecule has 0 aromatic heterocycles. The van der Waals surface area contributed by atoms with Crippen LogP contribution in [-0.2, 0) is 9.59 Å². The Morgan fingerprint density at radius 2 is 1.89 bits per heavy atom. The van der Waals surface area contributed by atoms with Crippen LogP contribution in [0.4, 0.5) is 0 Å². The van der Waals surface area contributed by atoms with Gasteiger partial charge in [-0.1, -0.05) is 20.3 Å². The molecular weight excluding hydrogens is 244 g/mol. The Balaban J connectivity index is 2.46. The number of amides is 1. The van der Waals surface area contributed by atoms with Crippen LogP contribution in [0, 0.1) is 5.41 Å². The topological polar surface area (TPSA) is 69.6 Å². The minimum absolute atomic E-state index is 0.136. The van der Waals surface area contributed by atoms with Crippen LogP contribution >= 0.6 is 0 Å². The van der Waals surface area contributed by atoms with Crippen LogP contribution in [0.5, 0.6) is 0 Å². The molecule has 0 unspecified atom stereocenters. The van der Waals surface area contributed by atoms with Gasteiger partial charge < -0.3 is 15.3 Å². The van der Waals surface area contributed by atoms with Crippen LogP contribution in [0.25, 0.3) is 0 Å². The van der Waals surface area contributed by atoms with E-state index >= 15 is 0 Å². The van der Waals surface area contributed by atoms with Crippen molar-refractivity contribution >= 4 is 11.9 Å². The molecule has 1 rings (SSSR count). The van der Waals surface area contributed by atoms with Crippen molar-refractivity contribution in [3.8, 4) is 0 Å². The molecule has 1 amide bonds. The van der Waals surface area contributed by atoms with Crippen LogP contribution in [0.1, 0.15) is 46.0 Å². The van der Waals surface area contributed by atoms with Gasteiger partial charge in [-0.25, -0.2) is 0 Å². The van der Waals surface area contributed by atoms with E-state index in [0.717, 1.165) is 13.0 Å². The van der Waals surface area contributed by atoms with Crippen LogP contribution in [-0.4, -0.2) is 48.1 Å². The third-order valence-corrected chi connectivity index (χ3v) is 4.02. The lowest BCUT2D eigenvalue weighted by atomic mass is 9.75. The average molecular weight is 270 g/mol. The van der Waals surface area contributed by atoms with E-state index in [2.05, 4.69) is 5.32 Å². The van der Waals surface area contributed by atoms with Crippen molar-refractivity contribution < 1.29 is 14.7 Å². The van der Waals surface area contributed by atoms with Gasteiger partial charge in [-0.05, 0) is 25.8 Å². The first-order chi connectivity index (χ1) is 9.05. The van der Waals surface area contributed by atoms with Crippen molar-refractivity contribution in [3.63, 3.8) is 0 Å². The Bertz CT molecular complexity index is 310. The van der Waals surface area contributed by atoms with E-state index in [1.807, 2.05) is 18.7 Å². The first-order valence-corrected chi connectivity index (χ1v) is 7.27. The number of hydrogen-bond donors (Lipinski definition) is 2. The van der Waals surface area contributed by atoms with Crippen molar-refractivity contribution in [2.24, 2.45) is 5.41 Å². The Kier molecular flexibility index (Phi) is 6.28. The van der Waals surface area contributed by atoms with Crippen LogP contribution in [0.15, 0.2) is 0 Å². The minimum atomic E-state index is -0.700. The van der Waals surface area contributed by atoms with E-state index in [1.165, 1.54) is 0 Å². The lowest BCUT2D eigenvalue weighted by Crippen LogP contribution is -2.47. The molecule has 5 heteroatoms. The van der Waals surface area contributed by atoms with Gasteiger partial charge in [0.15, 0.2) is 0 Å². The van der Waals surface area contributed by atoms with Gasteiger partial charge >= 0.3 is 5.97 Å². The van der Waals surface area contributed by atoms with E-state index in [-0.39, 0.29) is 5.91 Å². The molecule has 0 spiro atoms. The largest absolute Gasteiger partial charge is 0.481 e. The van der Waals surface area contributed by atoms with Gasteiger partial charge in [-0.15, -0.1) is 0 Å². The number of carbonyl (C=O) groups is 2. The average Bonchev–Trinajstić information content (AvgIpc) is 2.40. The second-order valence-electron chi connectivity index (χ2n) is 5.32. The number of carbonyl (C=O) groups excluding carboxylic acids is 1. The van der Waals surface area contributed by atoms with Crippen molar-refractivity contribution in [3.05, 3.63) is 0 Å². The number of aliphatic carboxylic acids is 1. The summed E-state index contributed by atoms with van der Waals surface area (Å²) in [5, 5.41) is 12.5. The molecule has 0 bridgehead atoms. The second-order valence-corrected chi connectivity index (χ2v) is 5.32. The first-order valence-electron chi connectivity index (χ1n) is 7.27. The molecule has 1 saturated heterocycles. The monoisotopic (exact) mass is 270 g/mol. The predicted octanol–water partition coefficient (Wildman–Crippen LogP) is 1.48. The Labute approximate surface area is 115 Å². The van der Waals surface area contributed by atoms with E-state index in [4.69, 9.17) is 0 Å². The molecule has 0 aromatic carbocycles. The van der Waals surface area contributed by atoms with Gasteiger partial charge in [-0.2, -0.15) is 0 Å². The molecule has 110 valence electrons. The highest BCUT2D eigenvalue weighted by molar-refractivity contribution is 5.78. The van der Waals surface area contributed by atoms with Gasteiger partial charge in [0.2, 0.25) is 5.91 Å². The zero-order valence-corrected chi connectivity index (χ0v) is 12.1. The maximum absolute atomic E-state index is 12.0. The number of rotatable bonds is 7. The number of nitrogens with zero attached hydrogens (tertiary/aromatic N) is 1. The van der Waals surface area contributed by atoms with E-state index in [9.17, 15) is 14.7 Å². The molecule has 0 aliphatic carbocycles. The second kappa shape index (κ2) is 7.48. The smallest absolute Gasteiger partial charge is 0.309 e. The maximum atomic E-state index is 12.0. The van der Waals surface area contributed by atoms with Gasteiger partial charge in [0.05, 0.1) is 5.41 Å². The number of nitrogens with one attached hydrogen (secondary N) is 1. The number of likely N-dealkylation sites (tertiary alicyclic amines) is 1. The Hall–Kier alpha value is -1.10. The van der Waals surface area contributed by atoms with Gasteiger partial charge in [0.1, 0.15) is 0 Å². The molecular formula is C14H26N2O3. The molecule has 5 nitrogen and oxygen atoms in total. The Morgan fingerprint density at radius 3 is 2.37 bits per heavy atom. The minimum Gasteiger partial charge on any atom is -0.481 e. The summed E-state index contributed by atoms with van der Waals surface area (Å²) in [5.41, 5.74) is -0.604. The lowest BCUT2D eigenvalue weighted by molar-refractivity contribution is -0.155. The van der Waals surface area contributed by atoms with Gasteiger partial charge in [0.25, 0.3) is 0 Å². The quantitative estimate of drug-likeness (QED) is 0.688. The summed E-state index contributed by atoms with van der Waals surface area (Å²) < 4.78 is 0. The van der Waals surface area contributed by atoms with Crippen LogP contribution in [0.3, 0.4) is 0 Å². The molecule has 1 aliphatic heterocycles. The van der Waals surface area contributed by atoms with Crippen molar-refractivity contribution in [1.82, 2.24) is 10.2 Å². The van der Waals surface area contributed by atoms with Gasteiger partial charge in [0, 0.05) is 26.1 Å². The number of carboxylic acids is 1. The van der Waals surface area contributed by atoms with Crippen molar-refractivity contribution in [2.45, 2.75) is 46.0 Å². The number of carboxylic acid groups (broad SMARTS) is 1. The normalized spacial score (nSPS) is 18.3. The van der Waals surface area contributed by atoms with Gasteiger partial charge in [-0.3, -0.25) is 9.59 Å². The molecule has 2 N–H and O–H groups in total. The summed E-state index contributed by atoms with van der Waals surface area (Å²) >= 11 is 0. The molecule has 0 aromatic rings. The summed E-state index contributed by atoms with van der Waals surface area (Å²) in [4.78, 5) is 25.2. The molecule has 19 heavy (non-hydrogen) atoms. The van der Waals surface area contributed by atoms with E-state index in [1.54, 1.807) is 0 Å². The molecule has 1 fully saturated rings. The van der Waals surface area contributed by atoms with Crippen LogP contribution in [0.2, 0.25) is 0 Å². The number of piperidine rings is 1. The lowest BCUT2D eigenvalue weighted by Gasteiger charge is -2.39. The highest BCUT2D eigenvalue weighted by Gasteiger charge is 2.41. The highest BCUT2D eigenvalue weighted by Crippen LogP contribution is 2.36. The van der Waals surface area contributed by atoms with Crippen LogP contribution < -0.4 is 5.32 Å². The van der Waals surface area contributed by atoms with E-state index in [0.29, 0.717) is 45.3 Å². The zero-order chi connectivity index (χ0) is 14.3. The molecule has 1 heterocycles. The summed E-state index contributed by atoms with van der Waals surface area (Å²) in [6.07, 6.45) is 3.26. The fourth-order valence-corrected chi connectivity index (χ4v) is 2.76. The molecule has 0 radical (unpaired) electrons. The predicted molar refractivity (Wildman–Crippen MR) is 74.0 cm³/mol. The fourth-order valence-electron chi connectivity index (χ4n) is 2.76. The SMILES string of the molecule is CCCC1(C(=O)O)CCN(C(=O)CCNCC)CC1. The summed E-state index contributed by atoms with van der Waals surface area (Å²) in [7, 11) is 0. The van der Waals surface area contributed by atoms with Crippen molar-refractivity contribution in [2.75, 3.05) is 26.2 Å². The highest BCUT2D eigenvalue weighted by atomic mass is 16.4. The summed E-state index contributed by atoms with van der Waals surface area (Å²) in [6.45, 7) is 6.75. The third-order valence-electron chi connectivity index (χ3n) is 4.02. The first kappa shape index (κ1) is 16.0. The standard InChI is InChI=1S/C14H26N2O3/c1-3-6-14(13(18)19)7-10-16(11-8-14)12(17)5-9-15-4-2/h15H,3-11H2,1-2H3,(H,18,19). The maximum Gasteiger partial charge on any atom is 0.309 e. The molecule has 0 atom stereocenters. The summed E-state index contributed by atoms with van der Waals surface area (Å²) in [6, 6.07) is 0. The summed E-state index contributed by atoms with van der Waals surface area (Å²) in [5.74, 6) is -0.564. The zero-order valence-electron chi connectivity index (χ0n) is 12.1. The molecule has 0 saturated carbocycles. The number of hydrogen-bond acceptors (Lipinski definition) is 3. The third kappa shape index (κ3) is 4.20. The molecule has 1 aliphatic rings.